The molecule has 4 nitrogen and oxygen atoms in total. The van der Waals surface area contributed by atoms with E-state index in [1.165, 1.54) is 32.1 Å². The van der Waals surface area contributed by atoms with Crippen LogP contribution in [0.2, 0.25) is 0 Å². The van der Waals surface area contributed by atoms with Gasteiger partial charge in [-0.15, -0.1) is 0 Å². The summed E-state index contributed by atoms with van der Waals surface area (Å²) in [7, 11) is 0. The predicted molar refractivity (Wildman–Crippen MR) is 145 cm³/mol. The predicted octanol–water partition coefficient (Wildman–Crippen LogP) is 8.62. The van der Waals surface area contributed by atoms with Gasteiger partial charge in [0.25, 0.3) is 0 Å². The molecule has 0 spiro atoms. The molecule has 0 aliphatic heterocycles. The van der Waals surface area contributed by atoms with Crippen LogP contribution in [-0.2, 0) is 9.53 Å². The van der Waals surface area contributed by atoms with E-state index in [2.05, 4.69) is 32.9 Å². The van der Waals surface area contributed by atoms with E-state index in [1.807, 2.05) is 43.3 Å². The van der Waals surface area contributed by atoms with Crippen LogP contribution < -0.4 is 9.47 Å². The first kappa shape index (κ1) is 28.9. The lowest BCUT2D eigenvalue weighted by Gasteiger charge is -2.16. The summed E-state index contributed by atoms with van der Waals surface area (Å²) in [5.74, 6) is 1.14. The number of hydrogen-bond acceptors (Lipinski definition) is 4. The highest BCUT2D eigenvalue weighted by Crippen LogP contribution is 2.25. The summed E-state index contributed by atoms with van der Waals surface area (Å²) >= 11 is 0. The third-order valence-electron chi connectivity index (χ3n) is 6.34. The van der Waals surface area contributed by atoms with E-state index < -0.39 is 0 Å². The van der Waals surface area contributed by atoms with Gasteiger partial charge in [0.15, 0.2) is 0 Å². The molecule has 0 aliphatic rings. The second kappa shape index (κ2) is 17.2. The van der Waals surface area contributed by atoms with Gasteiger partial charge in [-0.1, -0.05) is 83.6 Å². The Hall–Kier alpha value is -2.33. The fraction of sp³-hybridized carbons (Fsp3) is 0.581. The summed E-state index contributed by atoms with van der Waals surface area (Å²) in [5, 5.41) is 0. The van der Waals surface area contributed by atoms with Crippen LogP contribution in [-0.4, -0.2) is 25.3 Å². The first-order valence-corrected chi connectivity index (χ1v) is 13.7. The van der Waals surface area contributed by atoms with E-state index in [1.54, 1.807) is 0 Å². The minimum atomic E-state index is -0.189. The van der Waals surface area contributed by atoms with Crippen molar-refractivity contribution >= 4 is 5.97 Å². The number of rotatable bonds is 18. The summed E-state index contributed by atoms with van der Waals surface area (Å²) < 4.78 is 17.3. The molecule has 2 rings (SSSR count). The maximum atomic E-state index is 12.5. The first-order valence-electron chi connectivity index (χ1n) is 13.7. The lowest BCUT2D eigenvalue weighted by atomic mass is 10.0. The highest BCUT2D eigenvalue weighted by Gasteiger charge is 2.17. The summed E-state index contributed by atoms with van der Waals surface area (Å²) in [6.07, 6.45) is 11.6. The molecule has 0 amide bonds. The van der Waals surface area contributed by atoms with Crippen LogP contribution in [0, 0.1) is 5.92 Å². The fourth-order valence-corrected chi connectivity index (χ4v) is 3.86. The molecule has 0 aliphatic carbocycles. The van der Waals surface area contributed by atoms with Crippen LogP contribution in [0.5, 0.6) is 11.5 Å². The van der Waals surface area contributed by atoms with Crippen molar-refractivity contribution in [2.24, 2.45) is 5.92 Å². The van der Waals surface area contributed by atoms with E-state index in [-0.39, 0.29) is 18.0 Å². The Morgan fingerprint density at radius 1 is 0.686 bits per heavy atom. The van der Waals surface area contributed by atoms with Gasteiger partial charge < -0.3 is 14.2 Å². The monoisotopic (exact) mass is 482 g/mol. The van der Waals surface area contributed by atoms with Crippen molar-refractivity contribution in [3.05, 3.63) is 48.5 Å². The largest absolute Gasteiger partial charge is 0.494 e. The van der Waals surface area contributed by atoms with E-state index in [9.17, 15) is 4.79 Å². The molecule has 2 aromatic rings. The Morgan fingerprint density at radius 3 is 1.89 bits per heavy atom. The Morgan fingerprint density at radius 2 is 1.26 bits per heavy atom. The Kier molecular flexibility index (Phi) is 14.2. The second-order valence-electron chi connectivity index (χ2n) is 9.60. The van der Waals surface area contributed by atoms with E-state index in [0.29, 0.717) is 5.75 Å². The zero-order chi connectivity index (χ0) is 25.3. The van der Waals surface area contributed by atoms with Crippen molar-refractivity contribution in [1.82, 2.24) is 0 Å². The van der Waals surface area contributed by atoms with Crippen LogP contribution in [0.15, 0.2) is 48.5 Å². The second-order valence-corrected chi connectivity index (χ2v) is 9.60. The molecular weight excluding hydrogens is 436 g/mol. The molecule has 0 saturated carbocycles. The molecule has 0 radical (unpaired) electrons. The first-order chi connectivity index (χ1) is 17.0. The summed E-state index contributed by atoms with van der Waals surface area (Å²) in [6.45, 7) is 9.95. The van der Waals surface area contributed by atoms with Gasteiger partial charge in [-0.2, -0.15) is 0 Å². The molecule has 0 aromatic heterocycles. The minimum Gasteiger partial charge on any atom is -0.494 e. The lowest BCUT2D eigenvalue weighted by molar-refractivity contribution is -0.138. The van der Waals surface area contributed by atoms with Gasteiger partial charge >= 0.3 is 5.97 Å². The number of carbonyl (C=O) groups excluding carboxylic acids is 1. The van der Waals surface area contributed by atoms with Crippen LogP contribution in [0.4, 0.5) is 0 Å². The average Bonchev–Trinajstić information content (AvgIpc) is 2.87. The van der Waals surface area contributed by atoms with Crippen molar-refractivity contribution < 1.29 is 19.0 Å². The molecule has 194 valence electrons. The van der Waals surface area contributed by atoms with E-state index >= 15 is 0 Å². The molecule has 0 unspecified atom stereocenters. The molecule has 0 heterocycles. The van der Waals surface area contributed by atoms with Crippen LogP contribution in [0.1, 0.15) is 91.9 Å². The molecule has 4 heteroatoms. The summed E-state index contributed by atoms with van der Waals surface area (Å²) in [6, 6.07) is 15.9. The Bertz CT molecular complexity index is 813. The molecule has 2 atom stereocenters. The zero-order valence-electron chi connectivity index (χ0n) is 22.4. The summed E-state index contributed by atoms with van der Waals surface area (Å²) in [4.78, 5) is 12.5. The van der Waals surface area contributed by atoms with Crippen molar-refractivity contribution in [3.63, 3.8) is 0 Å². The molecule has 35 heavy (non-hydrogen) atoms. The van der Waals surface area contributed by atoms with Crippen molar-refractivity contribution in [2.75, 3.05) is 13.2 Å². The van der Waals surface area contributed by atoms with Gasteiger partial charge in [0.2, 0.25) is 0 Å². The quantitative estimate of drug-likeness (QED) is 0.121. The van der Waals surface area contributed by atoms with E-state index in [4.69, 9.17) is 14.2 Å². The summed E-state index contributed by atoms with van der Waals surface area (Å²) in [5.41, 5.74) is 2.19. The smallest absolute Gasteiger partial charge is 0.314 e. The fourth-order valence-electron chi connectivity index (χ4n) is 3.86. The third-order valence-corrected chi connectivity index (χ3v) is 6.34. The van der Waals surface area contributed by atoms with Crippen LogP contribution in [0.25, 0.3) is 11.1 Å². The number of benzene rings is 2. The van der Waals surface area contributed by atoms with Crippen molar-refractivity contribution in [2.45, 2.75) is 98.0 Å². The Labute approximate surface area is 213 Å². The van der Waals surface area contributed by atoms with Gasteiger partial charge in [-0.3, -0.25) is 4.79 Å². The minimum absolute atomic E-state index is 0.157. The zero-order valence-corrected chi connectivity index (χ0v) is 22.4. The number of unbranched alkanes of at least 4 members (excludes halogenated alkanes) is 6. The van der Waals surface area contributed by atoms with Gasteiger partial charge in [-0.05, 0) is 68.0 Å². The maximum Gasteiger partial charge on any atom is 0.314 e. The highest BCUT2D eigenvalue weighted by molar-refractivity contribution is 5.75. The van der Waals surface area contributed by atoms with Crippen molar-refractivity contribution in [3.8, 4) is 22.6 Å². The Balaban J connectivity index is 1.73. The topological polar surface area (TPSA) is 44.8 Å². The standard InChI is InChI=1S/C31H46O4/c1-5-7-9-10-11-12-24-34-29-19-15-27(16-20-29)28-17-21-30(22-18-28)35-31(32)25(3)13-14-26(4)33-23-8-6-2/h15-22,25-26H,5-14,23-24H2,1-4H3/t25-,26+/m1/s1. The maximum absolute atomic E-state index is 12.5. The molecule has 0 bridgehead atoms. The molecular formula is C31H46O4. The molecule has 0 N–H and O–H groups in total. The van der Waals surface area contributed by atoms with Crippen LogP contribution >= 0.6 is 0 Å². The molecule has 2 aromatic carbocycles. The van der Waals surface area contributed by atoms with E-state index in [0.717, 1.165) is 62.2 Å². The van der Waals surface area contributed by atoms with Gasteiger partial charge in [0.1, 0.15) is 11.5 Å². The lowest BCUT2D eigenvalue weighted by Crippen LogP contribution is -2.20. The van der Waals surface area contributed by atoms with Gasteiger partial charge in [0, 0.05) is 6.61 Å². The molecule has 0 fully saturated rings. The third kappa shape index (κ3) is 11.8. The number of hydrogen-bond donors (Lipinski definition) is 0. The number of ether oxygens (including phenoxy) is 3. The van der Waals surface area contributed by atoms with Crippen molar-refractivity contribution in [1.29, 1.82) is 0 Å². The average molecular weight is 483 g/mol. The highest BCUT2D eigenvalue weighted by atomic mass is 16.5. The molecule has 0 saturated heterocycles. The number of esters is 1. The number of carbonyl (C=O) groups is 1. The van der Waals surface area contributed by atoms with Crippen LogP contribution in [0.3, 0.4) is 0 Å². The van der Waals surface area contributed by atoms with Gasteiger partial charge in [0.05, 0.1) is 18.6 Å². The van der Waals surface area contributed by atoms with Gasteiger partial charge in [-0.25, -0.2) is 0 Å². The normalized spacial score (nSPS) is 12.8. The SMILES string of the molecule is CCCCCCCCOc1ccc(-c2ccc(OC(=O)[C@H](C)CC[C@H](C)OCCCC)cc2)cc1.